The summed E-state index contributed by atoms with van der Waals surface area (Å²) in [5, 5.41) is 8.38. The van der Waals surface area contributed by atoms with Crippen LogP contribution < -0.4 is 0 Å². The zero-order valence-electron chi connectivity index (χ0n) is 13.8. The van der Waals surface area contributed by atoms with Crippen molar-refractivity contribution in [3.05, 3.63) is 65.9 Å². The first-order chi connectivity index (χ1) is 12.3. The molecule has 0 N–H and O–H groups in total. The van der Waals surface area contributed by atoms with Gasteiger partial charge in [-0.05, 0) is 49.2 Å². The lowest BCUT2D eigenvalue weighted by Crippen LogP contribution is -2.34. The maximum absolute atomic E-state index is 13.0. The Hall–Kier alpha value is -2.60. The topological polar surface area (TPSA) is 55.1 Å². The fraction of sp³-hybridized carbons (Fsp3) is 0.316. The lowest BCUT2D eigenvalue weighted by molar-refractivity contribution is 0.186. The summed E-state index contributed by atoms with van der Waals surface area (Å²) in [4.78, 5) is 6.60. The number of hydrogen-bond donors (Lipinski definition) is 0. The van der Waals surface area contributed by atoms with Crippen LogP contribution in [0.25, 0.3) is 11.6 Å². The molecule has 0 radical (unpaired) electrons. The molecule has 1 aromatic carbocycles. The van der Waals surface area contributed by atoms with Crippen LogP contribution in [-0.2, 0) is 6.54 Å². The van der Waals surface area contributed by atoms with Gasteiger partial charge in [0.15, 0.2) is 0 Å². The Morgan fingerprint density at radius 2 is 2.00 bits per heavy atom. The molecule has 25 heavy (non-hydrogen) atoms. The SMILES string of the molecule is Fc1ccc(CN2CCC[C@@H](c3nnc(-c4ccccn4)o3)C2)cc1. The molecule has 4 rings (SSSR count). The van der Waals surface area contributed by atoms with Crippen LogP contribution in [0.15, 0.2) is 53.1 Å². The lowest BCUT2D eigenvalue weighted by Gasteiger charge is -2.31. The summed E-state index contributed by atoms with van der Waals surface area (Å²) >= 11 is 0. The van der Waals surface area contributed by atoms with Crippen molar-refractivity contribution in [3.8, 4) is 11.6 Å². The maximum atomic E-state index is 13.0. The van der Waals surface area contributed by atoms with E-state index >= 15 is 0 Å². The van der Waals surface area contributed by atoms with E-state index in [9.17, 15) is 4.39 Å². The molecule has 3 heterocycles. The quantitative estimate of drug-likeness (QED) is 0.727. The van der Waals surface area contributed by atoms with Crippen LogP contribution in [0.5, 0.6) is 0 Å². The lowest BCUT2D eigenvalue weighted by atomic mass is 9.97. The van der Waals surface area contributed by atoms with Crippen molar-refractivity contribution in [2.24, 2.45) is 0 Å². The van der Waals surface area contributed by atoms with Crippen molar-refractivity contribution >= 4 is 0 Å². The van der Waals surface area contributed by atoms with Gasteiger partial charge in [-0.25, -0.2) is 4.39 Å². The van der Waals surface area contributed by atoms with Crippen molar-refractivity contribution in [1.29, 1.82) is 0 Å². The molecule has 5 nitrogen and oxygen atoms in total. The molecule has 0 aliphatic carbocycles. The van der Waals surface area contributed by atoms with E-state index in [0.29, 0.717) is 17.5 Å². The minimum atomic E-state index is -0.201. The van der Waals surface area contributed by atoms with Gasteiger partial charge in [0, 0.05) is 19.3 Å². The highest BCUT2D eigenvalue weighted by Crippen LogP contribution is 2.28. The van der Waals surface area contributed by atoms with Crippen molar-refractivity contribution in [2.75, 3.05) is 13.1 Å². The van der Waals surface area contributed by atoms with Crippen LogP contribution in [0.1, 0.15) is 30.2 Å². The van der Waals surface area contributed by atoms with Crippen molar-refractivity contribution in [2.45, 2.75) is 25.3 Å². The number of nitrogens with zero attached hydrogens (tertiary/aromatic N) is 4. The molecule has 128 valence electrons. The van der Waals surface area contributed by atoms with E-state index < -0.39 is 0 Å². The number of rotatable bonds is 4. The second-order valence-corrected chi connectivity index (χ2v) is 6.36. The predicted octanol–water partition coefficient (Wildman–Crippen LogP) is 3.65. The molecule has 6 heteroatoms. The Morgan fingerprint density at radius 1 is 1.12 bits per heavy atom. The minimum absolute atomic E-state index is 0.201. The number of halogens is 1. The van der Waals surface area contributed by atoms with Gasteiger partial charge in [0.25, 0.3) is 5.89 Å². The highest BCUT2D eigenvalue weighted by atomic mass is 19.1. The van der Waals surface area contributed by atoms with Gasteiger partial charge in [-0.1, -0.05) is 18.2 Å². The molecule has 3 aromatic rings. The molecular formula is C19H19FN4O. The van der Waals surface area contributed by atoms with Crippen LogP contribution in [0, 0.1) is 5.82 Å². The zero-order valence-corrected chi connectivity index (χ0v) is 13.8. The summed E-state index contributed by atoms with van der Waals surface area (Å²) in [6, 6.07) is 12.3. The largest absolute Gasteiger partial charge is 0.419 e. The highest BCUT2D eigenvalue weighted by molar-refractivity contribution is 5.45. The molecule has 1 aliphatic rings. The van der Waals surface area contributed by atoms with Gasteiger partial charge in [-0.3, -0.25) is 9.88 Å². The number of pyridine rings is 1. The second-order valence-electron chi connectivity index (χ2n) is 6.36. The average Bonchev–Trinajstić information content (AvgIpc) is 3.15. The number of piperidine rings is 1. The van der Waals surface area contributed by atoms with Crippen LogP contribution in [0.3, 0.4) is 0 Å². The third-order valence-corrected chi connectivity index (χ3v) is 4.50. The molecule has 0 unspecified atom stereocenters. The molecule has 2 aromatic heterocycles. The fourth-order valence-corrected chi connectivity index (χ4v) is 3.24. The van der Waals surface area contributed by atoms with E-state index in [2.05, 4.69) is 20.1 Å². The van der Waals surface area contributed by atoms with Gasteiger partial charge in [0.1, 0.15) is 11.5 Å². The van der Waals surface area contributed by atoms with Gasteiger partial charge >= 0.3 is 0 Å². The van der Waals surface area contributed by atoms with E-state index in [4.69, 9.17) is 4.42 Å². The zero-order chi connectivity index (χ0) is 17.1. The number of benzene rings is 1. The normalized spacial score (nSPS) is 18.4. The first kappa shape index (κ1) is 15.9. The molecule has 1 fully saturated rings. The van der Waals surface area contributed by atoms with Gasteiger partial charge in [-0.15, -0.1) is 10.2 Å². The number of aromatic nitrogens is 3. The Bertz CT molecular complexity index is 819. The van der Waals surface area contributed by atoms with Crippen LogP contribution in [-0.4, -0.2) is 33.2 Å². The van der Waals surface area contributed by atoms with Gasteiger partial charge in [0.2, 0.25) is 5.89 Å². The average molecular weight is 338 g/mol. The van der Waals surface area contributed by atoms with Crippen molar-refractivity contribution < 1.29 is 8.81 Å². The molecular weight excluding hydrogens is 319 g/mol. The monoisotopic (exact) mass is 338 g/mol. The summed E-state index contributed by atoms with van der Waals surface area (Å²) in [5.74, 6) is 1.16. The van der Waals surface area contributed by atoms with Gasteiger partial charge in [-0.2, -0.15) is 0 Å². The van der Waals surface area contributed by atoms with E-state index in [1.54, 1.807) is 6.20 Å². The molecule has 1 aliphatic heterocycles. The van der Waals surface area contributed by atoms with Crippen LogP contribution in [0.2, 0.25) is 0 Å². The van der Waals surface area contributed by atoms with E-state index in [1.807, 2.05) is 30.3 Å². The predicted molar refractivity (Wildman–Crippen MR) is 91.2 cm³/mol. The van der Waals surface area contributed by atoms with E-state index in [1.165, 1.54) is 12.1 Å². The summed E-state index contributed by atoms with van der Waals surface area (Å²) in [5.41, 5.74) is 1.81. The van der Waals surface area contributed by atoms with Crippen molar-refractivity contribution in [3.63, 3.8) is 0 Å². The molecule has 0 saturated carbocycles. The minimum Gasteiger partial charge on any atom is -0.419 e. The summed E-state index contributed by atoms with van der Waals surface area (Å²) in [6.45, 7) is 2.69. The second kappa shape index (κ2) is 7.11. The van der Waals surface area contributed by atoms with E-state index in [0.717, 1.165) is 38.0 Å². The molecule has 0 spiro atoms. The Kier molecular flexibility index (Phi) is 4.52. The Labute approximate surface area is 145 Å². The third-order valence-electron chi connectivity index (χ3n) is 4.50. The van der Waals surface area contributed by atoms with Crippen LogP contribution in [0.4, 0.5) is 4.39 Å². The first-order valence-electron chi connectivity index (χ1n) is 8.49. The smallest absolute Gasteiger partial charge is 0.266 e. The molecule has 1 atom stereocenters. The van der Waals surface area contributed by atoms with Gasteiger partial charge in [0.05, 0.1) is 5.92 Å². The maximum Gasteiger partial charge on any atom is 0.266 e. The summed E-state index contributed by atoms with van der Waals surface area (Å²) in [7, 11) is 0. The first-order valence-corrected chi connectivity index (χ1v) is 8.49. The number of hydrogen-bond acceptors (Lipinski definition) is 5. The molecule has 0 bridgehead atoms. The van der Waals surface area contributed by atoms with Crippen LogP contribution >= 0.6 is 0 Å². The Balaban J connectivity index is 1.44. The third kappa shape index (κ3) is 3.74. The number of likely N-dealkylation sites (tertiary alicyclic amines) is 1. The summed E-state index contributed by atoms with van der Waals surface area (Å²) in [6.07, 6.45) is 3.82. The standard InChI is InChI=1S/C19H19FN4O/c20-16-8-6-14(7-9-16)12-24-11-3-4-15(13-24)18-22-23-19(25-18)17-5-1-2-10-21-17/h1-2,5-10,15H,3-4,11-13H2/t15-/m1/s1. The molecule has 1 saturated heterocycles. The fourth-order valence-electron chi connectivity index (χ4n) is 3.24. The Morgan fingerprint density at radius 3 is 2.80 bits per heavy atom. The summed E-state index contributed by atoms with van der Waals surface area (Å²) < 4.78 is 18.9. The van der Waals surface area contributed by atoms with Crippen molar-refractivity contribution in [1.82, 2.24) is 20.1 Å². The van der Waals surface area contributed by atoms with E-state index in [-0.39, 0.29) is 11.7 Å². The highest BCUT2D eigenvalue weighted by Gasteiger charge is 2.26. The molecule has 0 amide bonds. The van der Waals surface area contributed by atoms with Gasteiger partial charge < -0.3 is 4.42 Å².